The molecule has 9 aromatic rings. The van der Waals surface area contributed by atoms with E-state index < -0.39 is 0 Å². The molecular formula is C78H81NO. The number of benzene rings is 8. The smallest absolute Gasteiger partial charge is 0.138 e. The highest BCUT2D eigenvalue weighted by molar-refractivity contribution is 6.16. The monoisotopic (exact) mass is 1050 g/mol. The molecule has 0 unspecified atom stereocenters. The minimum atomic E-state index is -0.170. The molecule has 2 heteroatoms. The Morgan fingerprint density at radius 2 is 0.812 bits per heavy atom. The molecule has 1 heterocycles. The molecule has 6 aliphatic carbocycles. The first kappa shape index (κ1) is 50.3. The average Bonchev–Trinajstić information content (AvgIpc) is 4.07. The zero-order valence-corrected chi connectivity index (χ0v) is 48.2. The van der Waals surface area contributed by atoms with Crippen LogP contribution in [0.4, 0.5) is 17.1 Å². The highest BCUT2D eigenvalue weighted by Gasteiger charge is 2.40. The lowest BCUT2D eigenvalue weighted by Gasteiger charge is -2.31. The SMILES string of the molecule is CC1(C)c2ccccc2-c2ccc(N(c3cccc4c3-c3ccccc3C4(C)C)c3cc(-c4cc(C5CCCCC5)cc(C5CCCCC5)c4)cc4oc5cc(-c6cc(C7CCCCC7)cc(C7CCCCC7)c6)ccc5c34)cc21. The normalized spacial score (nSPS) is 19.2. The standard InChI is InChI=1S/C78H81NO/c1-77(2)68-33-20-18-31-65(68)75-69(77)34-21-35-71(75)79(62-37-39-64-63-30-17-19-32-67(63)78(3,4)70(64)49-62)72-46-61(60-44-57(52-26-13-7-14-27-52)41-58(45-60)53-28-15-8-16-29-53)48-74-76(72)66-38-36-54(47-73(66)80-74)59-42-55(50-22-9-5-10-23-50)40-56(43-59)51-24-11-6-12-25-51/h17-21,30-53H,5-16,22-29H2,1-4H3. The molecule has 8 aromatic carbocycles. The Kier molecular flexibility index (Phi) is 12.7. The molecule has 4 fully saturated rings. The topological polar surface area (TPSA) is 16.4 Å². The molecule has 4 saturated carbocycles. The molecule has 0 atom stereocenters. The summed E-state index contributed by atoms with van der Waals surface area (Å²) >= 11 is 0. The van der Waals surface area contributed by atoms with Crippen LogP contribution in [0.3, 0.4) is 0 Å². The molecule has 0 bridgehead atoms. The van der Waals surface area contributed by atoms with Crippen molar-refractivity contribution in [3.63, 3.8) is 0 Å². The molecule has 15 rings (SSSR count). The highest BCUT2D eigenvalue weighted by atomic mass is 16.3. The summed E-state index contributed by atoms with van der Waals surface area (Å²) in [6, 6.07) is 60.8. The maximum atomic E-state index is 7.53. The fourth-order valence-corrected chi connectivity index (χ4v) is 16.9. The van der Waals surface area contributed by atoms with Gasteiger partial charge < -0.3 is 9.32 Å². The Balaban J connectivity index is 0.990. The molecule has 2 nitrogen and oxygen atoms in total. The predicted molar refractivity (Wildman–Crippen MR) is 338 cm³/mol. The van der Waals surface area contributed by atoms with Crippen LogP contribution in [-0.4, -0.2) is 0 Å². The van der Waals surface area contributed by atoms with E-state index in [1.165, 1.54) is 223 Å². The van der Waals surface area contributed by atoms with Crippen molar-refractivity contribution < 1.29 is 4.42 Å². The minimum absolute atomic E-state index is 0.161. The fourth-order valence-electron chi connectivity index (χ4n) is 16.9. The molecule has 0 amide bonds. The second-order valence-electron chi connectivity index (χ2n) is 26.9. The maximum absolute atomic E-state index is 7.53. The second-order valence-corrected chi connectivity index (χ2v) is 26.9. The van der Waals surface area contributed by atoms with Gasteiger partial charge in [0.25, 0.3) is 0 Å². The first-order chi connectivity index (χ1) is 39.2. The van der Waals surface area contributed by atoms with E-state index in [-0.39, 0.29) is 10.8 Å². The highest BCUT2D eigenvalue weighted by Crippen LogP contribution is 2.58. The molecule has 404 valence electrons. The summed E-state index contributed by atoms with van der Waals surface area (Å²) in [4.78, 5) is 2.67. The number of hydrogen-bond acceptors (Lipinski definition) is 2. The fraction of sp³-hybridized carbons (Fsp3) is 0.385. The maximum Gasteiger partial charge on any atom is 0.138 e. The van der Waals surface area contributed by atoms with Gasteiger partial charge in [-0.25, -0.2) is 0 Å². The number of anilines is 3. The van der Waals surface area contributed by atoms with Gasteiger partial charge in [0, 0.05) is 27.5 Å². The van der Waals surface area contributed by atoms with E-state index in [0.29, 0.717) is 23.7 Å². The van der Waals surface area contributed by atoms with Crippen molar-refractivity contribution in [1.82, 2.24) is 0 Å². The summed E-state index contributed by atoms with van der Waals surface area (Å²) in [6.07, 6.45) is 26.6. The van der Waals surface area contributed by atoms with Crippen LogP contribution in [0.1, 0.15) is 224 Å². The third-order valence-electron chi connectivity index (χ3n) is 21.4. The first-order valence-corrected chi connectivity index (χ1v) is 31.7. The number of rotatable bonds is 9. The molecule has 1 aromatic heterocycles. The van der Waals surface area contributed by atoms with Crippen LogP contribution >= 0.6 is 0 Å². The van der Waals surface area contributed by atoms with Crippen LogP contribution < -0.4 is 4.90 Å². The largest absolute Gasteiger partial charge is 0.456 e. The van der Waals surface area contributed by atoms with E-state index in [9.17, 15) is 0 Å². The van der Waals surface area contributed by atoms with Gasteiger partial charge in [-0.15, -0.1) is 0 Å². The van der Waals surface area contributed by atoms with E-state index in [0.717, 1.165) is 11.2 Å². The Bertz CT molecular complexity index is 3760. The molecule has 0 radical (unpaired) electrons. The predicted octanol–water partition coefficient (Wildman–Crippen LogP) is 23.2. The number of hydrogen-bond donors (Lipinski definition) is 0. The summed E-state index contributed by atoms with van der Waals surface area (Å²) in [6.45, 7) is 9.70. The average molecular weight is 1050 g/mol. The first-order valence-electron chi connectivity index (χ1n) is 31.7. The molecule has 6 aliphatic rings. The van der Waals surface area contributed by atoms with Gasteiger partial charge in [-0.1, -0.05) is 214 Å². The van der Waals surface area contributed by atoms with Crippen molar-refractivity contribution in [1.29, 1.82) is 0 Å². The van der Waals surface area contributed by atoms with Crippen molar-refractivity contribution in [3.05, 3.63) is 196 Å². The minimum Gasteiger partial charge on any atom is -0.456 e. The van der Waals surface area contributed by atoms with Crippen LogP contribution in [0.5, 0.6) is 0 Å². The summed E-state index contributed by atoms with van der Waals surface area (Å²) in [7, 11) is 0. The Morgan fingerprint density at radius 1 is 0.350 bits per heavy atom. The molecule has 0 saturated heterocycles. The van der Waals surface area contributed by atoms with E-state index >= 15 is 0 Å². The van der Waals surface area contributed by atoms with Gasteiger partial charge in [-0.2, -0.15) is 0 Å². The van der Waals surface area contributed by atoms with Gasteiger partial charge in [0.1, 0.15) is 11.2 Å². The van der Waals surface area contributed by atoms with E-state index in [2.05, 4.69) is 184 Å². The van der Waals surface area contributed by atoms with Crippen molar-refractivity contribution in [2.45, 2.75) is 191 Å². The number of nitrogens with zero attached hydrogens (tertiary/aromatic N) is 1. The second kappa shape index (κ2) is 20.1. The van der Waals surface area contributed by atoms with Crippen molar-refractivity contribution in [2.24, 2.45) is 0 Å². The van der Waals surface area contributed by atoms with Gasteiger partial charge >= 0.3 is 0 Å². The third kappa shape index (κ3) is 8.54. The summed E-state index contributed by atoms with van der Waals surface area (Å²) in [5.74, 6) is 2.53. The zero-order chi connectivity index (χ0) is 53.7. The molecule has 0 N–H and O–H groups in total. The molecule has 0 aliphatic heterocycles. The number of fused-ring (bicyclic) bond motifs is 9. The summed E-state index contributed by atoms with van der Waals surface area (Å²) < 4.78 is 7.53. The summed E-state index contributed by atoms with van der Waals surface area (Å²) in [5, 5.41) is 2.35. The van der Waals surface area contributed by atoms with Gasteiger partial charge in [-0.3, -0.25) is 0 Å². The third-order valence-corrected chi connectivity index (χ3v) is 21.4. The van der Waals surface area contributed by atoms with Crippen LogP contribution in [0.2, 0.25) is 0 Å². The van der Waals surface area contributed by atoms with Crippen molar-refractivity contribution >= 4 is 39.0 Å². The van der Waals surface area contributed by atoms with E-state index in [1.807, 2.05) is 0 Å². The zero-order valence-electron chi connectivity index (χ0n) is 48.2. The van der Waals surface area contributed by atoms with E-state index in [1.54, 1.807) is 22.3 Å². The summed E-state index contributed by atoms with van der Waals surface area (Å²) in [5.41, 5.74) is 27.5. The quantitative estimate of drug-likeness (QED) is 0.143. The van der Waals surface area contributed by atoms with Gasteiger partial charge in [0.2, 0.25) is 0 Å². The lowest BCUT2D eigenvalue weighted by molar-refractivity contribution is 0.435. The van der Waals surface area contributed by atoms with Crippen LogP contribution in [-0.2, 0) is 10.8 Å². The Hall–Kier alpha value is -6.64. The lowest BCUT2D eigenvalue weighted by Crippen LogP contribution is -2.18. The lowest BCUT2D eigenvalue weighted by atomic mass is 9.78. The van der Waals surface area contributed by atoms with E-state index in [4.69, 9.17) is 4.42 Å². The van der Waals surface area contributed by atoms with Crippen molar-refractivity contribution in [3.8, 4) is 44.5 Å². The Morgan fingerprint density at radius 3 is 1.39 bits per heavy atom. The number of furan rings is 1. The van der Waals surface area contributed by atoms with Crippen LogP contribution in [0.15, 0.2) is 156 Å². The van der Waals surface area contributed by atoms with Gasteiger partial charge in [0.05, 0.1) is 16.8 Å². The molecule has 80 heavy (non-hydrogen) atoms. The van der Waals surface area contributed by atoms with Crippen molar-refractivity contribution in [2.75, 3.05) is 4.90 Å². The van der Waals surface area contributed by atoms with Gasteiger partial charge in [0.15, 0.2) is 0 Å². The van der Waals surface area contributed by atoms with Crippen LogP contribution in [0, 0.1) is 0 Å². The van der Waals surface area contributed by atoms with Gasteiger partial charge in [-0.05, 0) is 201 Å². The molecular weight excluding hydrogens is 967 g/mol. The Labute approximate surface area is 477 Å². The molecule has 0 spiro atoms. The van der Waals surface area contributed by atoms with Crippen LogP contribution in [0.25, 0.3) is 66.4 Å².